The van der Waals surface area contributed by atoms with Crippen molar-refractivity contribution in [2.24, 2.45) is 10.8 Å². The number of nitrogens with two attached hydrogens (primary N) is 1. The first kappa shape index (κ1) is 21.8. The number of hydrogen-bond acceptors (Lipinski definition) is 6. The van der Waals surface area contributed by atoms with Crippen LogP contribution in [-0.2, 0) is 19.6 Å². The summed E-state index contributed by atoms with van der Waals surface area (Å²) in [7, 11) is -3.82. The lowest BCUT2D eigenvalue weighted by Gasteiger charge is -2.21. The Hall–Kier alpha value is -3.47. The molecular formula is C18H19FN4O5S. The van der Waals surface area contributed by atoms with E-state index in [1.165, 1.54) is 24.4 Å². The topological polar surface area (TPSA) is 131 Å². The number of amides is 2. The van der Waals surface area contributed by atoms with Crippen LogP contribution in [0.15, 0.2) is 53.6 Å². The van der Waals surface area contributed by atoms with Crippen LogP contribution in [0.25, 0.3) is 0 Å². The van der Waals surface area contributed by atoms with Crippen LogP contribution in [0.2, 0.25) is 0 Å². The summed E-state index contributed by atoms with van der Waals surface area (Å²) < 4.78 is 43.2. The van der Waals surface area contributed by atoms with E-state index in [-0.39, 0.29) is 12.3 Å². The van der Waals surface area contributed by atoms with E-state index in [0.717, 1.165) is 16.6 Å². The third-order valence-corrected chi connectivity index (χ3v) is 4.59. The van der Waals surface area contributed by atoms with Gasteiger partial charge in [-0.3, -0.25) is 13.9 Å². The fourth-order valence-electron chi connectivity index (χ4n) is 2.18. The van der Waals surface area contributed by atoms with E-state index in [4.69, 9.17) is 10.5 Å². The first-order valence-corrected chi connectivity index (χ1v) is 10.1. The largest absolute Gasteiger partial charge is 0.484 e. The van der Waals surface area contributed by atoms with Gasteiger partial charge in [-0.05, 0) is 48.0 Å². The molecule has 0 bridgehead atoms. The van der Waals surface area contributed by atoms with E-state index >= 15 is 0 Å². The molecule has 0 aliphatic heterocycles. The Labute approximate surface area is 167 Å². The highest BCUT2D eigenvalue weighted by Crippen LogP contribution is 2.18. The second kappa shape index (κ2) is 9.64. The zero-order valence-electron chi connectivity index (χ0n) is 15.4. The molecule has 3 N–H and O–H groups in total. The summed E-state index contributed by atoms with van der Waals surface area (Å²) in [5.41, 5.74) is 7.83. The highest BCUT2D eigenvalue weighted by molar-refractivity contribution is 7.92. The number of hydrazone groups is 1. The quantitative estimate of drug-likeness (QED) is 0.451. The molecule has 2 aromatic rings. The van der Waals surface area contributed by atoms with Gasteiger partial charge in [-0.15, -0.1) is 0 Å². The van der Waals surface area contributed by atoms with Crippen molar-refractivity contribution in [3.63, 3.8) is 0 Å². The molecule has 2 aromatic carbocycles. The third kappa shape index (κ3) is 7.22. The van der Waals surface area contributed by atoms with Crippen molar-refractivity contribution in [2.45, 2.75) is 0 Å². The van der Waals surface area contributed by atoms with E-state index in [0.29, 0.717) is 11.3 Å². The molecule has 154 valence electrons. The van der Waals surface area contributed by atoms with E-state index in [1.54, 1.807) is 24.3 Å². The number of nitrogens with one attached hydrogen (secondary N) is 1. The zero-order valence-corrected chi connectivity index (χ0v) is 16.2. The number of nitrogens with zero attached hydrogens (tertiary/aromatic N) is 2. The number of rotatable bonds is 9. The fourth-order valence-corrected chi connectivity index (χ4v) is 3.03. The average Bonchev–Trinajstić information content (AvgIpc) is 2.64. The van der Waals surface area contributed by atoms with Crippen LogP contribution in [0.5, 0.6) is 5.75 Å². The van der Waals surface area contributed by atoms with Gasteiger partial charge in [-0.1, -0.05) is 6.07 Å². The van der Waals surface area contributed by atoms with Crippen LogP contribution in [-0.4, -0.2) is 45.9 Å². The van der Waals surface area contributed by atoms with Gasteiger partial charge >= 0.3 is 0 Å². The molecule has 0 aliphatic rings. The summed E-state index contributed by atoms with van der Waals surface area (Å²) >= 11 is 0. The van der Waals surface area contributed by atoms with Crippen LogP contribution < -0.4 is 20.2 Å². The molecule has 0 fully saturated rings. The van der Waals surface area contributed by atoms with Crippen LogP contribution in [0.3, 0.4) is 0 Å². The number of carbonyl (C=O) groups excluding carboxylic acids is 2. The van der Waals surface area contributed by atoms with Gasteiger partial charge in [-0.25, -0.2) is 18.2 Å². The number of primary amides is 1. The maximum Gasteiger partial charge on any atom is 0.260 e. The predicted octanol–water partition coefficient (Wildman–Crippen LogP) is 0.606. The van der Waals surface area contributed by atoms with Gasteiger partial charge in [-0.2, -0.15) is 5.10 Å². The summed E-state index contributed by atoms with van der Waals surface area (Å²) in [4.78, 5) is 22.7. The van der Waals surface area contributed by atoms with Crippen molar-refractivity contribution >= 4 is 33.7 Å². The molecule has 0 radical (unpaired) electrons. The molecular weight excluding hydrogens is 403 g/mol. The Morgan fingerprint density at radius 3 is 2.52 bits per heavy atom. The summed E-state index contributed by atoms with van der Waals surface area (Å²) in [5.74, 6) is -1.50. The molecule has 0 atom stereocenters. The normalized spacial score (nSPS) is 11.2. The van der Waals surface area contributed by atoms with Crippen LogP contribution in [0.4, 0.5) is 10.1 Å². The molecule has 2 rings (SSSR count). The Balaban J connectivity index is 1.97. The molecule has 0 unspecified atom stereocenters. The van der Waals surface area contributed by atoms with Crippen molar-refractivity contribution in [1.82, 2.24) is 5.43 Å². The monoisotopic (exact) mass is 422 g/mol. The van der Waals surface area contributed by atoms with Crippen LogP contribution in [0, 0.1) is 5.82 Å². The second-order valence-corrected chi connectivity index (χ2v) is 7.77. The van der Waals surface area contributed by atoms with Gasteiger partial charge in [0.15, 0.2) is 6.61 Å². The third-order valence-electron chi connectivity index (χ3n) is 3.45. The summed E-state index contributed by atoms with van der Waals surface area (Å²) in [6.45, 7) is -0.814. The minimum atomic E-state index is -3.82. The molecule has 0 heterocycles. The van der Waals surface area contributed by atoms with E-state index in [1.807, 2.05) is 0 Å². The highest BCUT2D eigenvalue weighted by Gasteiger charge is 2.21. The van der Waals surface area contributed by atoms with Gasteiger partial charge in [0.1, 0.15) is 18.1 Å². The Kier molecular flexibility index (Phi) is 7.26. The highest BCUT2D eigenvalue weighted by atomic mass is 32.2. The van der Waals surface area contributed by atoms with Gasteiger partial charge < -0.3 is 10.5 Å². The SMILES string of the molecule is CS(=O)(=O)N(CC(=O)N/N=C\c1ccc(OCC(N)=O)cc1)c1cccc(F)c1. The molecule has 0 aromatic heterocycles. The second-order valence-electron chi connectivity index (χ2n) is 5.87. The van der Waals surface area contributed by atoms with E-state index in [9.17, 15) is 22.4 Å². The summed E-state index contributed by atoms with van der Waals surface area (Å²) in [5, 5.41) is 3.76. The first-order chi connectivity index (χ1) is 13.6. The van der Waals surface area contributed by atoms with Gasteiger partial charge in [0.2, 0.25) is 10.0 Å². The maximum absolute atomic E-state index is 13.4. The molecule has 9 nitrogen and oxygen atoms in total. The number of halogens is 1. The predicted molar refractivity (Wildman–Crippen MR) is 105 cm³/mol. The average molecular weight is 422 g/mol. The molecule has 11 heteroatoms. The molecule has 2 amide bonds. The fraction of sp³-hybridized carbons (Fsp3) is 0.167. The lowest BCUT2D eigenvalue weighted by atomic mass is 10.2. The molecule has 0 aliphatic carbocycles. The lowest BCUT2D eigenvalue weighted by molar-refractivity contribution is -0.120. The Morgan fingerprint density at radius 2 is 1.93 bits per heavy atom. The Bertz CT molecular complexity index is 1010. The van der Waals surface area contributed by atoms with Crippen molar-refractivity contribution in [3.05, 3.63) is 59.9 Å². The van der Waals surface area contributed by atoms with Crippen molar-refractivity contribution < 1.29 is 27.1 Å². The van der Waals surface area contributed by atoms with Crippen molar-refractivity contribution in [1.29, 1.82) is 0 Å². The minimum absolute atomic E-state index is 0.0261. The van der Waals surface area contributed by atoms with E-state index in [2.05, 4.69) is 10.5 Å². The molecule has 0 spiro atoms. The smallest absolute Gasteiger partial charge is 0.260 e. The summed E-state index contributed by atoms with van der Waals surface area (Å²) in [6.07, 6.45) is 2.25. The number of benzene rings is 2. The van der Waals surface area contributed by atoms with Crippen LogP contribution in [0.1, 0.15) is 5.56 Å². The lowest BCUT2D eigenvalue weighted by Crippen LogP contribution is -2.39. The van der Waals surface area contributed by atoms with Crippen molar-refractivity contribution in [2.75, 3.05) is 23.7 Å². The number of sulfonamides is 1. The standard InChI is InChI=1S/C18H19FN4O5S/c1-29(26,27)23(15-4-2-3-14(19)9-15)11-18(25)22-21-10-13-5-7-16(8-6-13)28-12-17(20)24/h2-10H,11-12H2,1H3,(H2,20,24)(H,22,25)/b21-10-. The first-order valence-electron chi connectivity index (χ1n) is 8.21. The molecule has 0 saturated heterocycles. The van der Waals surface area contributed by atoms with Crippen LogP contribution >= 0.6 is 0 Å². The summed E-state index contributed by atoms with van der Waals surface area (Å²) in [6, 6.07) is 11.3. The number of hydrogen-bond donors (Lipinski definition) is 2. The molecule has 0 saturated carbocycles. The van der Waals surface area contributed by atoms with E-state index < -0.39 is 34.2 Å². The van der Waals surface area contributed by atoms with Gasteiger partial charge in [0.25, 0.3) is 11.8 Å². The number of anilines is 1. The molecule has 29 heavy (non-hydrogen) atoms. The number of ether oxygens (including phenoxy) is 1. The van der Waals surface area contributed by atoms with Gasteiger partial charge in [0, 0.05) is 0 Å². The number of carbonyl (C=O) groups is 2. The Morgan fingerprint density at radius 1 is 1.24 bits per heavy atom. The minimum Gasteiger partial charge on any atom is -0.484 e. The zero-order chi connectivity index (χ0) is 21.4. The maximum atomic E-state index is 13.4. The van der Waals surface area contributed by atoms with Crippen molar-refractivity contribution in [3.8, 4) is 5.75 Å². The van der Waals surface area contributed by atoms with Gasteiger partial charge in [0.05, 0.1) is 18.2 Å².